The van der Waals surface area contributed by atoms with E-state index in [1.165, 1.54) is 10.7 Å². The molecule has 0 aromatic heterocycles. The monoisotopic (exact) mass is 360 g/mol. The van der Waals surface area contributed by atoms with Crippen molar-refractivity contribution in [3.05, 3.63) is 22.7 Å². The second kappa shape index (κ2) is 6.35. The second-order valence-corrected chi connectivity index (χ2v) is 8.41. The quantitative estimate of drug-likeness (QED) is 0.837. The summed E-state index contributed by atoms with van der Waals surface area (Å²) in [5.74, 6) is 0.506. The first-order valence-corrected chi connectivity index (χ1v) is 9.32. The maximum Gasteiger partial charge on any atom is 0.235 e. The number of nitrogen functional groups attached to an aromatic ring is 1. The maximum absolute atomic E-state index is 12.5. The molecule has 0 heterocycles. The van der Waals surface area contributed by atoms with E-state index < -0.39 is 10.0 Å². The Kier molecular flexibility index (Phi) is 4.96. The number of benzene rings is 1. The van der Waals surface area contributed by atoms with Gasteiger partial charge in [-0.1, -0.05) is 35.2 Å². The zero-order chi connectivity index (χ0) is 14.8. The summed E-state index contributed by atoms with van der Waals surface area (Å²) in [6.45, 7) is 0. The van der Waals surface area contributed by atoms with Crippen LogP contribution in [0.3, 0.4) is 0 Å². The van der Waals surface area contributed by atoms with Crippen molar-refractivity contribution in [3.63, 3.8) is 0 Å². The third-order valence-electron chi connectivity index (χ3n) is 3.92. The lowest BCUT2D eigenvalue weighted by Gasteiger charge is -2.26. The van der Waals surface area contributed by atoms with Crippen molar-refractivity contribution in [3.8, 4) is 0 Å². The van der Waals surface area contributed by atoms with Gasteiger partial charge in [0.25, 0.3) is 0 Å². The van der Waals surface area contributed by atoms with Crippen LogP contribution in [0.15, 0.2) is 22.7 Å². The van der Waals surface area contributed by atoms with E-state index in [0.717, 1.165) is 30.2 Å². The van der Waals surface area contributed by atoms with Crippen molar-refractivity contribution in [1.82, 2.24) is 0 Å². The standard InChI is InChI=1S/C14H21BrN2O2S/c1-17(14-8-7-12(15)9-13(14)16)20(18,19)10-11-5-3-2-4-6-11/h7-9,11H,2-6,10,16H2,1H3. The second-order valence-electron chi connectivity index (χ2n) is 5.45. The number of sulfonamides is 1. The Hall–Kier alpha value is -0.750. The van der Waals surface area contributed by atoms with Crippen LogP contribution in [0.4, 0.5) is 11.4 Å². The average Bonchev–Trinajstić information content (AvgIpc) is 2.38. The summed E-state index contributed by atoms with van der Waals surface area (Å²) >= 11 is 3.33. The molecule has 2 N–H and O–H groups in total. The molecule has 0 spiro atoms. The van der Waals surface area contributed by atoms with E-state index in [2.05, 4.69) is 15.9 Å². The van der Waals surface area contributed by atoms with Crippen molar-refractivity contribution < 1.29 is 8.42 Å². The van der Waals surface area contributed by atoms with E-state index >= 15 is 0 Å². The highest BCUT2D eigenvalue weighted by Gasteiger charge is 2.26. The molecule has 1 aromatic carbocycles. The van der Waals surface area contributed by atoms with Gasteiger partial charge in [0.1, 0.15) is 0 Å². The molecule has 2 rings (SSSR count). The van der Waals surface area contributed by atoms with Crippen molar-refractivity contribution in [1.29, 1.82) is 0 Å². The molecule has 4 nitrogen and oxygen atoms in total. The van der Waals surface area contributed by atoms with Crippen LogP contribution in [0.5, 0.6) is 0 Å². The largest absolute Gasteiger partial charge is 0.397 e. The normalized spacial score (nSPS) is 17.1. The minimum Gasteiger partial charge on any atom is -0.397 e. The van der Waals surface area contributed by atoms with Gasteiger partial charge in [-0.15, -0.1) is 0 Å². The number of hydrogen-bond acceptors (Lipinski definition) is 3. The highest BCUT2D eigenvalue weighted by molar-refractivity contribution is 9.10. The van der Waals surface area contributed by atoms with Gasteiger partial charge >= 0.3 is 0 Å². The molecule has 20 heavy (non-hydrogen) atoms. The molecular formula is C14H21BrN2O2S. The predicted molar refractivity (Wildman–Crippen MR) is 87.3 cm³/mol. The van der Waals surface area contributed by atoms with Gasteiger partial charge in [0.2, 0.25) is 10.0 Å². The Balaban J connectivity index is 2.15. The molecule has 0 amide bonds. The van der Waals surface area contributed by atoms with Crippen LogP contribution < -0.4 is 10.0 Å². The van der Waals surface area contributed by atoms with Gasteiger partial charge in [-0.25, -0.2) is 8.42 Å². The summed E-state index contributed by atoms with van der Waals surface area (Å²) in [5.41, 5.74) is 6.93. The van der Waals surface area contributed by atoms with Crippen molar-refractivity contribution in [2.45, 2.75) is 32.1 Å². The van der Waals surface area contributed by atoms with Gasteiger partial charge in [-0.2, -0.15) is 0 Å². The zero-order valence-electron chi connectivity index (χ0n) is 11.7. The molecule has 1 aliphatic rings. The van der Waals surface area contributed by atoms with E-state index in [1.54, 1.807) is 25.2 Å². The molecule has 1 fully saturated rings. The third kappa shape index (κ3) is 3.67. The van der Waals surface area contributed by atoms with Gasteiger partial charge in [-0.3, -0.25) is 4.31 Å². The molecule has 0 atom stereocenters. The van der Waals surface area contributed by atoms with E-state index in [9.17, 15) is 8.42 Å². The lowest BCUT2D eigenvalue weighted by atomic mass is 9.91. The van der Waals surface area contributed by atoms with Crippen molar-refractivity contribution in [2.75, 3.05) is 22.8 Å². The molecule has 0 bridgehead atoms. The molecule has 112 valence electrons. The van der Waals surface area contributed by atoms with Crippen LogP contribution in [0.2, 0.25) is 0 Å². The molecule has 1 saturated carbocycles. The summed E-state index contributed by atoms with van der Waals surface area (Å²) in [6, 6.07) is 5.26. The highest BCUT2D eigenvalue weighted by atomic mass is 79.9. The SMILES string of the molecule is CN(c1ccc(Br)cc1N)S(=O)(=O)CC1CCCCC1. The Labute approximate surface area is 129 Å². The first-order chi connectivity index (χ1) is 9.40. The Morgan fingerprint density at radius 1 is 1.30 bits per heavy atom. The van der Waals surface area contributed by atoms with Crippen LogP contribution in [0.1, 0.15) is 32.1 Å². The smallest absolute Gasteiger partial charge is 0.235 e. The number of rotatable bonds is 4. The summed E-state index contributed by atoms with van der Waals surface area (Å²) < 4.78 is 27.2. The molecule has 0 aliphatic heterocycles. The topological polar surface area (TPSA) is 63.4 Å². The number of nitrogens with zero attached hydrogens (tertiary/aromatic N) is 1. The van der Waals surface area contributed by atoms with E-state index in [0.29, 0.717) is 11.4 Å². The summed E-state index contributed by atoms with van der Waals surface area (Å²) in [5, 5.41) is 0. The number of anilines is 2. The first kappa shape index (κ1) is 15.6. The lowest BCUT2D eigenvalue weighted by molar-refractivity contribution is 0.385. The van der Waals surface area contributed by atoms with E-state index in [4.69, 9.17) is 5.73 Å². The molecule has 1 aliphatic carbocycles. The van der Waals surface area contributed by atoms with E-state index in [-0.39, 0.29) is 11.7 Å². The summed E-state index contributed by atoms with van der Waals surface area (Å²) in [4.78, 5) is 0. The average molecular weight is 361 g/mol. The van der Waals surface area contributed by atoms with Gasteiger partial charge in [0.15, 0.2) is 0 Å². The number of nitrogens with two attached hydrogens (primary N) is 1. The summed E-state index contributed by atoms with van der Waals surface area (Å²) in [6.07, 6.45) is 5.55. The molecular weight excluding hydrogens is 340 g/mol. The zero-order valence-corrected chi connectivity index (χ0v) is 14.1. The van der Waals surface area contributed by atoms with Crippen LogP contribution in [-0.4, -0.2) is 21.2 Å². The van der Waals surface area contributed by atoms with Gasteiger partial charge in [0.05, 0.1) is 17.1 Å². The minimum atomic E-state index is -3.31. The van der Waals surface area contributed by atoms with Crippen LogP contribution in [0.25, 0.3) is 0 Å². The molecule has 0 saturated heterocycles. The number of halogens is 1. The summed E-state index contributed by atoms with van der Waals surface area (Å²) in [7, 11) is -1.73. The van der Waals surface area contributed by atoms with Gasteiger partial charge in [-0.05, 0) is 37.0 Å². The molecule has 0 unspecified atom stereocenters. The van der Waals surface area contributed by atoms with Gasteiger partial charge < -0.3 is 5.73 Å². The lowest BCUT2D eigenvalue weighted by Crippen LogP contribution is -2.33. The third-order valence-corrected chi connectivity index (χ3v) is 6.33. The fraction of sp³-hybridized carbons (Fsp3) is 0.571. The molecule has 1 aromatic rings. The maximum atomic E-state index is 12.5. The number of hydrogen-bond donors (Lipinski definition) is 1. The van der Waals surface area contributed by atoms with E-state index in [1.807, 2.05) is 0 Å². The van der Waals surface area contributed by atoms with Crippen LogP contribution >= 0.6 is 15.9 Å². The van der Waals surface area contributed by atoms with Gasteiger partial charge in [0, 0.05) is 11.5 Å². The molecule has 0 radical (unpaired) electrons. The highest BCUT2D eigenvalue weighted by Crippen LogP contribution is 2.30. The fourth-order valence-corrected chi connectivity index (χ4v) is 4.72. The Bertz CT molecular complexity index is 569. The first-order valence-electron chi connectivity index (χ1n) is 6.92. The predicted octanol–water partition coefficient (Wildman–Crippen LogP) is 3.38. The minimum absolute atomic E-state index is 0.221. The fourth-order valence-electron chi connectivity index (χ4n) is 2.73. The van der Waals surface area contributed by atoms with Crippen molar-refractivity contribution >= 4 is 37.3 Å². The molecule has 6 heteroatoms. The Morgan fingerprint density at radius 2 is 1.95 bits per heavy atom. The van der Waals surface area contributed by atoms with Crippen LogP contribution in [0, 0.1) is 5.92 Å². The van der Waals surface area contributed by atoms with Crippen molar-refractivity contribution in [2.24, 2.45) is 5.92 Å². The Morgan fingerprint density at radius 3 is 2.55 bits per heavy atom. The van der Waals surface area contributed by atoms with Crippen LogP contribution in [-0.2, 0) is 10.0 Å².